The predicted molar refractivity (Wildman–Crippen MR) is 85.3 cm³/mol. The number of nitrogens with one attached hydrogen (secondary N) is 2. The molecular formula is C16H17F3N4O2. The van der Waals surface area contributed by atoms with Gasteiger partial charge in [0.1, 0.15) is 0 Å². The number of aromatic nitrogens is 2. The number of anilines is 2. The van der Waals surface area contributed by atoms with Gasteiger partial charge >= 0.3 is 12.2 Å². The Morgan fingerprint density at radius 3 is 2.84 bits per heavy atom. The standard InChI is InChI=1S/C16H17F3N4O2/c17-16(18,19)13-5-1-2-6-14(13)22-15(24)21-11-8-20-23(9-11)10-12-4-3-7-25-12/h1-2,5-6,8-9,12H,3-4,7,10H2,(H2,21,22,24). The molecule has 1 aliphatic heterocycles. The van der Waals surface area contributed by atoms with Gasteiger partial charge in [0, 0.05) is 12.8 Å². The van der Waals surface area contributed by atoms with Crippen molar-refractivity contribution in [2.24, 2.45) is 0 Å². The molecule has 3 rings (SSSR count). The zero-order valence-corrected chi connectivity index (χ0v) is 13.2. The summed E-state index contributed by atoms with van der Waals surface area (Å²) in [7, 11) is 0. The fourth-order valence-corrected chi connectivity index (χ4v) is 2.65. The van der Waals surface area contributed by atoms with Crippen molar-refractivity contribution in [3.8, 4) is 0 Å². The molecule has 2 aromatic rings. The van der Waals surface area contributed by atoms with E-state index < -0.39 is 17.8 Å². The minimum atomic E-state index is -4.55. The van der Waals surface area contributed by atoms with Crippen LogP contribution in [0.1, 0.15) is 18.4 Å². The molecular weight excluding hydrogens is 337 g/mol. The molecule has 1 saturated heterocycles. The average molecular weight is 354 g/mol. The van der Waals surface area contributed by atoms with Gasteiger partial charge in [0.15, 0.2) is 0 Å². The first kappa shape index (κ1) is 17.3. The van der Waals surface area contributed by atoms with Crippen molar-refractivity contribution in [3.05, 3.63) is 42.2 Å². The van der Waals surface area contributed by atoms with E-state index in [-0.39, 0.29) is 11.8 Å². The lowest BCUT2D eigenvalue weighted by Gasteiger charge is -2.13. The van der Waals surface area contributed by atoms with E-state index in [1.54, 1.807) is 10.9 Å². The van der Waals surface area contributed by atoms with E-state index in [0.717, 1.165) is 25.5 Å². The fraction of sp³-hybridized carbons (Fsp3) is 0.375. The summed E-state index contributed by atoms with van der Waals surface area (Å²) in [5.74, 6) is 0. The third kappa shape index (κ3) is 4.50. The lowest BCUT2D eigenvalue weighted by molar-refractivity contribution is -0.136. The summed E-state index contributed by atoms with van der Waals surface area (Å²) < 4.78 is 45.9. The molecule has 2 heterocycles. The van der Waals surface area contributed by atoms with Crippen LogP contribution in [0.5, 0.6) is 0 Å². The van der Waals surface area contributed by atoms with Gasteiger partial charge in [0.2, 0.25) is 0 Å². The molecule has 1 atom stereocenters. The van der Waals surface area contributed by atoms with Crippen molar-refractivity contribution in [3.63, 3.8) is 0 Å². The number of halogens is 3. The zero-order chi connectivity index (χ0) is 17.9. The Morgan fingerprint density at radius 1 is 1.32 bits per heavy atom. The predicted octanol–water partition coefficient (Wildman–Crippen LogP) is 3.72. The molecule has 2 N–H and O–H groups in total. The molecule has 9 heteroatoms. The highest BCUT2D eigenvalue weighted by Crippen LogP contribution is 2.34. The van der Waals surface area contributed by atoms with Crippen LogP contribution in [-0.2, 0) is 17.5 Å². The summed E-state index contributed by atoms with van der Waals surface area (Å²) in [5, 5.41) is 8.80. The summed E-state index contributed by atoms with van der Waals surface area (Å²) in [6.07, 6.45) is 0.562. The van der Waals surface area contributed by atoms with E-state index in [1.165, 1.54) is 24.4 Å². The summed E-state index contributed by atoms with van der Waals surface area (Å²) in [6, 6.07) is 4.03. The van der Waals surface area contributed by atoms with Gasteiger partial charge in [-0.15, -0.1) is 0 Å². The Bertz CT molecular complexity index is 739. The number of carbonyl (C=O) groups excluding carboxylic acids is 1. The van der Waals surface area contributed by atoms with Crippen molar-refractivity contribution in [2.45, 2.75) is 31.7 Å². The first-order chi connectivity index (χ1) is 11.9. The van der Waals surface area contributed by atoms with E-state index in [0.29, 0.717) is 12.2 Å². The number of hydrogen-bond donors (Lipinski definition) is 2. The van der Waals surface area contributed by atoms with Gasteiger partial charge < -0.3 is 15.4 Å². The molecule has 0 radical (unpaired) electrons. The number of alkyl halides is 3. The molecule has 134 valence electrons. The smallest absolute Gasteiger partial charge is 0.376 e. The van der Waals surface area contributed by atoms with Crippen LogP contribution in [0, 0.1) is 0 Å². The van der Waals surface area contributed by atoms with E-state index in [4.69, 9.17) is 4.74 Å². The number of para-hydroxylation sites is 1. The SMILES string of the molecule is O=C(Nc1cnn(CC2CCCO2)c1)Nc1ccccc1C(F)(F)F. The number of amides is 2. The average Bonchev–Trinajstić information content (AvgIpc) is 3.19. The molecule has 0 bridgehead atoms. The van der Waals surface area contributed by atoms with Crippen molar-refractivity contribution in [1.29, 1.82) is 0 Å². The zero-order valence-electron chi connectivity index (χ0n) is 13.2. The number of benzene rings is 1. The topological polar surface area (TPSA) is 68.2 Å². The van der Waals surface area contributed by atoms with Crippen molar-refractivity contribution in [1.82, 2.24) is 9.78 Å². The molecule has 1 unspecified atom stereocenters. The van der Waals surface area contributed by atoms with E-state index >= 15 is 0 Å². The molecule has 1 aromatic heterocycles. The normalized spacial score (nSPS) is 17.5. The molecule has 25 heavy (non-hydrogen) atoms. The minimum absolute atomic E-state index is 0.0974. The van der Waals surface area contributed by atoms with Crippen LogP contribution in [0.4, 0.5) is 29.3 Å². The number of nitrogens with zero attached hydrogens (tertiary/aromatic N) is 2. The van der Waals surface area contributed by atoms with Gasteiger partial charge in [0.05, 0.1) is 35.8 Å². The number of hydrogen-bond acceptors (Lipinski definition) is 3. The highest BCUT2D eigenvalue weighted by molar-refractivity contribution is 6.00. The molecule has 1 aromatic carbocycles. The lowest BCUT2D eigenvalue weighted by atomic mass is 10.1. The maximum Gasteiger partial charge on any atom is 0.418 e. The summed E-state index contributed by atoms with van der Waals surface area (Å²) in [4.78, 5) is 12.0. The van der Waals surface area contributed by atoms with Crippen LogP contribution in [0.3, 0.4) is 0 Å². The molecule has 0 aliphatic carbocycles. The second-order valence-corrected chi connectivity index (χ2v) is 5.71. The Balaban J connectivity index is 1.61. The van der Waals surface area contributed by atoms with E-state index in [2.05, 4.69) is 15.7 Å². The van der Waals surface area contributed by atoms with Crippen molar-refractivity contribution in [2.75, 3.05) is 17.2 Å². The molecule has 1 aliphatic rings. The Morgan fingerprint density at radius 2 is 2.12 bits per heavy atom. The van der Waals surface area contributed by atoms with Crippen LogP contribution < -0.4 is 10.6 Å². The second-order valence-electron chi connectivity index (χ2n) is 5.71. The van der Waals surface area contributed by atoms with Crippen LogP contribution in [0.2, 0.25) is 0 Å². The van der Waals surface area contributed by atoms with Gasteiger partial charge in [-0.3, -0.25) is 4.68 Å². The Hall–Kier alpha value is -2.55. The third-order valence-electron chi connectivity index (χ3n) is 3.79. The largest absolute Gasteiger partial charge is 0.418 e. The van der Waals surface area contributed by atoms with Crippen LogP contribution >= 0.6 is 0 Å². The molecule has 6 nitrogen and oxygen atoms in total. The Kier molecular flexibility index (Phi) is 4.93. The summed E-state index contributed by atoms with van der Waals surface area (Å²) >= 11 is 0. The summed E-state index contributed by atoms with van der Waals surface area (Å²) in [5.41, 5.74) is -0.821. The maximum atomic E-state index is 12.9. The number of urea groups is 1. The van der Waals surface area contributed by atoms with Gasteiger partial charge in [-0.05, 0) is 25.0 Å². The minimum Gasteiger partial charge on any atom is -0.376 e. The molecule has 0 saturated carbocycles. The second kappa shape index (κ2) is 7.14. The highest BCUT2D eigenvalue weighted by atomic mass is 19.4. The van der Waals surface area contributed by atoms with Crippen LogP contribution in [0.25, 0.3) is 0 Å². The maximum absolute atomic E-state index is 12.9. The molecule has 1 fully saturated rings. The fourth-order valence-electron chi connectivity index (χ4n) is 2.65. The first-order valence-electron chi connectivity index (χ1n) is 7.80. The number of carbonyl (C=O) groups is 1. The highest BCUT2D eigenvalue weighted by Gasteiger charge is 2.33. The molecule has 2 amide bonds. The number of rotatable bonds is 4. The van der Waals surface area contributed by atoms with Crippen LogP contribution in [-0.4, -0.2) is 28.5 Å². The number of ether oxygens (including phenoxy) is 1. The van der Waals surface area contributed by atoms with Crippen molar-refractivity contribution < 1.29 is 22.7 Å². The quantitative estimate of drug-likeness (QED) is 0.879. The van der Waals surface area contributed by atoms with E-state index in [9.17, 15) is 18.0 Å². The Labute approximate surface area is 142 Å². The van der Waals surface area contributed by atoms with Gasteiger partial charge in [-0.25, -0.2) is 4.79 Å². The summed E-state index contributed by atoms with van der Waals surface area (Å²) in [6.45, 7) is 1.30. The van der Waals surface area contributed by atoms with Gasteiger partial charge in [-0.1, -0.05) is 12.1 Å². The van der Waals surface area contributed by atoms with Crippen molar-refractivity contribution >= 4 is 17.4 Å². The lowest BCUT2D eigenvalue weighted by Crippen LogP contribution is -2.21. The first-order valence-corrected chi connectivity index (χ1v) is 7.80. The van der Waals surface area contributed by atoms with Gasteiger partial charge in [0.25, 0.3) is 0 Å². The van der Waals surface area contributed by atoms with Crippen LogP contribution in [0.15, 0.2) is 36.7 Å². The third-order valence-corrected chi connectivity index (χ3v) is 3.79. The molecule has 0 spiro atoms. The monoisotopic (exact) mass is 354 g/mol. The van der Waals surface area contributed by atoms with E-state index in [1.807, 2.05) is 0 Å². The van der Waals surface area contributed by atoms with Gasteiger partial charge in [-0.2, -0.15) is 18.3 Å².